The number of carbonyl (C=O) groups is 2. The summed E-state index contributed by atoms with van der Waals surface area (Å²) in [4.78, 5) is 42.8. The van der Waals surface area contributed by atoms with Crippen LogP contribution in [0.15, 0.2) is 120 Å². The molecule has 9 nitrogen and oxygen atoms in total. The molecule has 0 unspecified atom stereocenters. The van der Waals surface area contributed by atoms with Gasteiger partial charge in [0.25, 0.3) is 0 Å². The number of fused-ring (bicyclic) bond motifs is 2. The summed E-state index contributed by atoms with van der Waals surface area (Å²) >= 11 is 0. The molecule has 0 bridgehead atoms. The van der Waals surface area contributed by atoms with Gasteiger partial charge in [0.1, 0.15) is 18.0 Å². The van der Waals surface area contributed by atoms with Gasteiger partial charge in [-0.3, -0.25) is 14.8 Å². The second-order valence-electron chi connectivity index (χ2n) is 16.4. The molecule has 2 atom stereocenters. The van der Waals surface area contributed by atoms with Crippen molar-refractivity contribution in [2.75, 3.05) is 13.1 Å². The molecule has 1 N–H and O–H groups in total. The fraction of sp³-hybridized carbons (Fsp3) is 0.292. The molecular weight excluding hydrogens is 711 g/mol. The Bertz CT molecular complexity index is 2480. The van der Waals surface area contributed by atoms with E-state index in [1.165, 1.54) is 16.3 Å². The molecule has 6 aromatic rings. The number of carbonyl (C=O) groups excluding carboxylic acids is 2. The van der Waals surface area contributed by atoms with E-state index in [1.807, 2.05) is 62.2 Å². The first-order valence-electron chi connectivity index (χ1n) is 20.0. The SMILES string of the molecule is CC(C)(C)OC(=O)N1CCC[C@H]1C1=Nc2ccc(-c3ccc4cc(-c5ccc(-c6cnc([C@@H]7CCCN7C(=O)OCc7ccccc7)[nH]6)cc5)ccc4c3)cc2C1. The lowest BCUT2D eigenvalue weighted by Crippen LogP contribution is -2.43. The van der Waals surface area contributed by atoms with Gasteiger partial charge < -0.3 is 14.5 Å². The van der Waals surface area contributed by atoms with Crippen molar-refractivity contribution >= 4 is 34.4 Å². The number of nitrogens with one attached hydrogen (secondary N) is 1. The molecule has 3 aliphatic rings. The van der Waals surface area contributed by atoms with Crippen LogP contribution in [0.1, 0.15) is 69.4 Å². The van der Waals surface area contributed by atoms with Crippen LogP contribution in [-0.2, 0) is 22.5 Å². The third-order valence-corrected chi connectivity index (χ3v) is 11.3. The number of benzene rings is 5. The van der Waals surface area contributed by atoms with Crippen molar-refractivity contribution in [2.45, 2.75) is 77.2 Å². The number of likely N-dealkylation sites (tertiary alicyclic amines) is 2. The molecule has 0 radical (unpaired) electrons. The van der Waals surface area contributed by atoms with Crippen molar-refractivity contribution in [3.63, 3.8) is 0 Å². The standard InChI is InChI=1S/C48H47N5O4/c1-48(2,3)57-47(55)52-23-7-11-43(52)41-28-39-27-38(21-22-40(39)50-41)37-20-19-35-25-34(17-18-36(35)26-37)32-13-15-33(16-14-32)42-29-49-45(51-42)44-12-8-24-53(44)46(54)56-30-31-9-5-4-6-10-31/h4-6,9-10,13-22,25-27,29,43-44H,7-8,11-12,23-24,28,30H2,1-3H3,(H,49,51)/t43-,44-/m0/s1. The number of rotatable bonds is 7. The summed E-state index contributed by atoms with van der Waals surface area (Å²) in [5.74, 6) is 0.783. The second-order valence-corrected chi connectivity index (χ2v) is 16.4. The van der Waals surface area contributed by atoms with Crippen LogP contribution in [0.25, 0.3) is 44.3 Å². The molecule has 9 heteroatoms. The maximum absolute atomic E-state index is 13.0. The van der Waals surface area contributed by atoms with E-state index in [0.717, 1.165) is 88.4 Å². The van der Waals surface area contributed by atoms with Crippen LogP contribution in [0, 0.1) is 0 Å². The Morgan fingerprint density at radius 1 is 0.719 bits per heavy atom. The van der Waals surface area contributed by atoms with Gasteiger partial charge in [0.05, 0.1) is 29.7 Å². The minimum atomic E-state index is -0.525. The van der Waals surface area contributed by atoms with Crippen LogP contribution in [0.5, 0.6) is 0 Å². The van der Waals surface area contributed by atoms with E-state index in [2.05, 4.69) is 83.8 Å². The molecule has 2 fully saturated rings. The van der Waals surface area contributed by atoms with Crippen molar-refractivity contribution in [3.05, 3.63) is 132 Å². The van der Waals surface area contributed by atoms with E-state index in [1.54, 1.807) is 4.90 Å². The van der Waals surface area contributed by atoms with Crippen LogP contribution < -0.4 is 0 Å². The fourth-order valence-electron chi connectivity index (χ4n) is 8.42. The van der Waals surface area contributed by atoms with Gasteiger partial charge in [-0.25, -0.2) is 14.6 Å². The zero-order chi connectivity index (χ0) is 39.1. The first kappa shape index (κ1) is 36.4. The minimum Gasteiger partial charge on any atom is -0.445 e. The van der Waals surface area contributed by atoms with Crippen LogP contribution in [0.3, 0.4) is 0 Å². The molecule has 3 aliphatic heterocycles. The molecule has 2 saturated heterocycles. The van der Waals surface area contributed by atoms with Gasteiger partial charge in [0.2, 0.25) is 0 Å². The number of hydrogen-bond acceptors (Lipinski definition) is 6. The summed E-state index contributed by atoms with van der Waals surface area (Å²) < 4.78 is 11.4. The Morgan fingerprint density at radius 3 is 2.05 bits per heavy atom. The highest BCUT2D eigenvalue weighted by Gasteiger charge is 2.37. The average Bonchev–Trinajstić information content (AvgIpc) is 4.05. The molecule has 9 rings (SSSR count). The first-order valence-corrected chi connectivity index (χ1v) is 20.0. The quantitative estimate of drug-likeness (QED) is 0.175. The summed E-state index contributed by atoms with van der Waals surface area (Å²) in [5, 5.41) is 2.36. The van der Waals surface area contributed by atoms with Crippen LogP contribution in [0.4, 0.5) is 15.3 Å². The Kier molecular flexibility index (Phi) is 9.60. The number of nitrogens with zero attached hydrogens (tertiary/aromatic N) is 4. The highest BCUT2D eigenvalue weighted by Crippen LogP contribution is 2.37. The number of imidazole rings is 1. The normalized spacial score (nSPS) is 17.8. The summed E-state index contributed by atoms with van der Waals surface area (Å²) in [6.07, 6.45) is 5.66. The first-order chi connectivity index (χ1) is 27.6. The Labute approximate surface area is 333 Å². The van der Waals surface area contributed by atoms with Gasteiger partial charge in [-0.1, -0.05) is 84.9 Å². The van der Waals surface area contributed by atoms with Crippen molar-refractivity contribution in [1.82, 2.24) is 19.8 Å². The van der Waals surface area contributed by atoms with Gasteiger partial charge in [-0.05, 0) is 120 Å². The molecule has 4 heterocycles. The molecule has 2 amide bonds. The number of ether oxygens (including phenoxy) is 2. The van der Waals surface area contributed by atoms with Gasteiger partial charge in [-0.2, -0.15) is 0 Å². The molecule has 288 valence electrons. The third-order valence-electron chi connectivity index (χ3n) is 11.3. The number of aromatic nitrogens is 2. The smallest absolute Gasteiger partial charge is 0.410 e. The molecule has 0 aliphatic carbocycles. The van der Waals surface area contributed by atoms with Gasteiger partial charge in [0, 0.05) is 25.2 Å². The second kappa shape index (κ2) is 15.0. The average molecular weight is 758 g/mol. The van der Waals surface area contributed by atoms with Crippen LogP contribution in [0.2, 0.25) is 0 Å². The van der Waals surface area contributed by atoms with Crippen molar-refractivity contribution in [2.24, 2.45) is 4.99 Å². The van der Waals surface area contributed by atoms with Crippen molar-refractivity contribution in [3.8, 4) is 33.5 Å². The van der Waals surface area contributed by atoms with E-state index in [0.29, 0.717) is 13.1 Å². The van der Waals surface area contributed by atoms with Gasteiger partial charge in [-0.15, -0.1) is 0 Å². The topological polar surface area (TPSA) is 100 Å². The van der Waals surface area contributed by atoms with E-state index >= 15 is 0 Å². The predicted molar refractivity (Wildman–Crippen MR) is 224 cm³/mol. The minimum absolute atomic E-state index is 0.0159. The molecule has 5 aromatic carbocycles. The lowest BCUT2D eigenvalue weighted by atomic mass is 9.95. The highest BCUT2D eigenvalue weighted by atomic mass is 16.6. The molecule has 0 spiro atoms. The third kappa shape index (κ3) is 7.66. The van der Waals surface area contributed by atoms with Crippen molar-refractivity contribution < 1.29 is 19.1 Å². The number of aliphatic imine (C=N–C) groups is 1. The zero-order valence-corrected chi connectivity index (χ0v) is 32.7. The lowest BCUT2D eigenvalue weighted by molar-refractivity contribution is 0.0265. The van der Waals surface area contributed by atoms with E-state index in [-0.39, 0.29) is 30.9 Å². The molecule has 0 saturated carbocycles. The number of hydrogen-bond donors (Lipinski definition) is 1. The van der Waals surface area contributed by atoms with E-state index in [9.17, 15) is 9.59 Å². The number of H-pyrrole nitrogens is 1. The number of amides is 2. The summed E-state index contributed by atoms with van der Waals surface area (Å²) in [5.41, 5.74) is 10.2. The Balaban J connectivity index is 0.851. The highest BCUT2D eigenvalue weighted by molar-refractivity contribution is 6.00. The maximum atomic E-state index is 13.0. The Morgan fingerprint density at radius 2 is 1.33 bits per heavy atom. The fourth-order valence-corrected chi connectivity index (χ4v) is 8.42. The predicted octanol–water partition coefficient (Wildman–Crippen LogP) is 11.1. The van der Waals surface area contributed by atoms with E-state index in [4.69, 9.17) is 19.5 Å². The van der Waals surface area contributed by atoms with Gasteiger partial charge in [0.15, 0.2) is 0 Å². The summed E-state index contributed by atoms with van der Waals surface area (Å²) in [7, 11) is 0. The lowest BCUT2D eigenvalue weighted by Gasteiger charge is -2.28. The molecule has 57 heavy (non-hydrogen) atoms. The molecular formula is C48H47N5O4. The monoisotopic (exact) mass is 757 g/mol. The Hall–Kier alpha value is -6.22. The molecule has 1 aromatic heterocycles. The maximum Gasteiger partial charge on any atom is 0.410 e. The zero-order valence-electron chi connectivity index (χ0n) is 32.7. The van der Waals surface area contributed by atoms with Crippen LogP contribution >= 0.6 is 0 Å². The van der Waals surface area contributed by atoms with E-state index < -0.39 is 5.60 Å². The summed E-state index contributed by atoms with van der Waals surface area (Å²) in [6, 6.07) is 37.9. The van der Waals surface area contributed by atoms with Crippen molar-refractivity contribution in [1.29, 1.82) is 0 Å². The van der Waals surface area contributed by atoms with Gasteiger partial charge >= 0.3 is 12.2 Å². The summed E-state index contributed by atoms with van der Waals surface area (Å²) in [6.45, 7) is 7.33. The number of aromatic amines is 1. The van der Waals surface area contributed by atoms with Crippen LogP contribution in [-0.4, -0.2) is 62.4 Å². The largest absolute Gasteiger partial charge is 0.445 e.